The molecule has 0 aromatic carbocycles. The summed E-state index contributed by atoms with van der Waals surface area (Å²) < 4.78 is 10.7. The van der Waals surface area contributed by atoms with Crippen LogP contribution in [0.2, 0.25) is 0 Å². The fraction of sp³-hybridized carbons (Fsp3) is 0.905. The molecule has 0 atom stereocenters. The third-order valence-corrected chi connectivity index (χ3v) is 6.24. The van der Waals surface area contributed by atoms with Crippen LogP contribution in [0, 0.1) is 17.3 Å². The zero-order valence-electron chi connectivity index (χ0n) is 16.2. The van der Waals surface area contributed by atoms with Crippen molar-refractivity contribution in [2.45, 2.75) is 90.9 Å². The molecule has 4 nitrogen and oxygen atoms in total. The van der Waals surface area contributed by atoms with Crippen molar-refractivity contribution in [2.24, 2.45) is 17.3 Å². The molecule has 0 spiro atoms. The van der Waals surface area contributed by atoms with Crippen LogP contribution in [-0.4, -0.2) is 25.2 Å². The Bertz CT molecular complexity index is 380. The molecule has 2 aliphatic carbocycles. The average molecular weight is 353 g/mol. The van der Waals surface area contributed by atoms with Crippen molar-refractivity contribution in [3.8, 4) is 0 Å². The lowest BCUT2D eigenvalue weighted by Crippen LogP contribution is -2.43. The lowest BCUT2D eigenvalue weighted by Gasteiger charge is -2.31. The van der Waals surface area contributed by atoms with E-state index in [-0.39, 0.29) is 11.9 Å². The van der Waals surface area contributed by atoms with E-state index in [0.29, 0.717) is 37.9 Å². The molecule has 2 fully saturated rings. The third-order valence-electron chi connectivity index (χ3n) is 6.24. The summed E-state index contributed by atoms with van der Waals surface area (Å²) in [5, 5.41) is 0. The first kappa shape index (κ1) is 20.3. The predicted molar refractivity (Wildman–Crippen MR) is 98.1 cm³/mol. The molecule has 0 amide bonds. The predicted octanol–water partition coefficient (Wildman–Crippen LogP) is 5.04. The first-order valence-corrected chi connectivity index (χ1v) is 10.5. The van der Waals surface area contributed by atoms with Gasteiger partial charge in [-0.1, -0.05) is 51.4 Å². The Morgan fingerprint density at radius 3 is 1.44 bits per heavy atom. The van der Waals surface area contributed by atoms with Crippen molar-refractivity contribution >= 4 is 11.9 Å². The Balaban J connectivity index is 2.12. The summed E-state index contributed by atoms with van der Waals surface area (Å²) >= 11 is 0. The molecule has 0 N–H and O–H groups in total. The van der Waals surface area contributed by atoms with E-state index in [0.717, 1.165) is 12.8 Å². The van der Waals surface area contributed by atoms with Gasteiger partial charge in [-0.2, -0.15) is 0 Å². The van der Waals surface area contributed by atoms with Crippen molar-refractivity contribution in [3.05, 3.63) is 0 Å². The molecule has 2 saturated carbocycles. The maximum atomic E-state index is 12.9. The highest BCUT2D eigenvalue weighted by atomic mass is 16.6. The zero-order valence-corrected chi connectivity index (χ0v) is 16.2. The van der Waals surface area contributed by atoms with E-state index in [2.05, 4.69) is 0 Å². The molecular formula is C21H36O4. The molecule has 0 heterocycles. The Morgan fingerprint density at radius 2 is 1.12 bits per heavy atom. The second-order valence-electron chi connectivity index (χ2n) is 7.90. The van der Waals surface area contributed by atoms with E-state index >= 15 is 0 Å². The molecule has 0 unspecified atom stereocenters. The standard InChI is InChI=1S/C21H36O4/c1-3-24-19(22)21(20(23)25-4-2,15-13-17-9-5-6-10-17)16-14-18-11-7-8-12-18/h17-18H,3-16H2,1-2H3. The van der Waals surface area contributed by atoms with Crippen molar-refractivity contribution in [1.82, 2.24) is 0 Å². The van der Waals surface area contributed by atoms with E-state index in [4.69, 9.17) is 9.47 Å². The lowest BCUT2D eigenvalue weighted by atomic mass is 9.75. The summed E-state index contributed by atoms with van der Waals surface area (Å²) in [4.78, 5) is 25.7. The lowest BCUT2D eigenvalue weighted by molar-refractivity contribution is -0.174. The van der Waals surface area contributed by atoms with Gasteiger partial charge in [-0.25, -0.2) is 0 Å². The minimum Gasteiger partial charge on any atom is -0.465 e. The number of ether oxygens (including phenoxy) is 2. The van der Waals surface area contributed by atoms with Gasteiger partial charge in [-0.05, 0) is 51.4 Å². The molecule has 0 radical (unpaired) electrons. The van der Waals surface area contributed by atoms with Gasteiger partial charge in [0.1, 0.15) is 0 Å². The monoisotopic (exact) mass is 352 g/mol. The van der Waals surface area contributed by atoms with Gasteiger partial charge in [-0.15, -0.1) is 0 Å². The number of carbonyl (C=O) groups excluding carboxylic acids is 2. The van der Waals surface area contributed by atoms with E-state index < -0.39 is 5.41 Å². The number of carbonyl (C=O) groups is 2. The van der Waals surface area contributed by atoms with Gasteiger partial charge in [0, 0.05) is 0 Å². The number of rotatable bonds is 10. The maximum absolute atomic E-state index is 12.9. The van der Waals surface area contributed by atoms with Crippen molar-refractivity contribution in [3.63, 3.8) is 0 Å². The Kier molecular flexibility index (Phi) is 8.25. The molecule has 25 heavy (non-hydrogen) atoms. The normalized spacial score (nSPS) is 19.3. The van der Waals surface area contributed by atoms with E-state index in [9.17, 15) is 9.59 Å². The quantitative estimate of drug-likeness (QED) is 0.408. The average Bonchev–Trinajstić information content (AvgIpc) is 3.29. The number of hydrogen-bond acceptors (Lipinski definition) is 4. The van der Waals surface area contributed by atoms with Crippen LogP contribution in [0.3, 0.4) is 0 Å². The van der Waals surface area contributed by atoms with Gasteiger partial charge < -0.3 is 9.47 Å². The molecule has 0 aliphatic heterocycles. The zero-order chi connectivity index (χ0) is 18.1. The fourth-order valence-electron chi connectivity index (χ4n) is 4.65. The summed E-state index contributed by atoms with van der Waals surface area (Å²) in [6.07, 6.45) is 13.0. The first-order chi connectivity index (χ1) is 12.1. The molecule has 0 saturated heterocycles. The summed E-state index contributed by atoms with van der Waals surface area (Å²) in [5.41, 5.74) is -1.09. The van der Waals surface area contributed by atoms with Crippen LogP contribution in [0.5, 0.6) is 0 Å². The molecule has 2 rings (SSSR count). The fourth-order valence-corrected chi connectivity index (χ4v) is 4.65. The SMILES string of the molecule is CCOC(=O)C(CCC1CCCC1)(CCC1CCCC1)C(=O)OCC. The van der Waals surface area contributed by atoms with Crippen molar-refractivity contribution < 1.29 is 19.1 Å². The number of esters is 2. The number of hydrogen-bond donors (Lipinski definition) is 0. The molecule has 144 valence electrons. The summed E-state index contributed by atoms with van der Waals surface area (Å²) in [6.45, 7) is 4.24. The minimum absolute atomic E-state index is 0.312. The highest BCUT2D eigenvalue weighted by Gasteiger charge is 2.48. The summed E-state index contributed by atoms with van der Waals surface area (Å²) in [5.74, 6) is 0.582. The van der Waals surface area contributed by atoms with Crippen LogP contribution in [0.1, 0.15) is 90.9 Å². The Morgan fingerprint density at radius 1 is 0.760 bits per heavy atom. The van der Waals surface area contributed by atoms with Gasteiger partial charge in [0.2, 0.25) is 0 Å². The van der Waals surface area contributed by atoms with Crippen LogP contribution in [0.25, 0.3) is 0 Å². The van der Waals surface area contributed by atoms with Crippen LogP contribution >= 0.6 is 0 Å². The van der Waals surface area contributed by atoms with Crippen molar-refractivity contribution in [2.75, 3.05) is 13.2 Å². The van der Waals surface area contributed by atoms with E-state index in [1.807, 2.05) is 13.8 Å². The van der Waals surface area contributed by atoms with Crippen LogP contribution < -0.4 is 0 Å². The van der Waals surface area contributed by atoms with Gasteiger partial charge >= 0.3 is 11.9 Å². The second kappa shape index (κ2) is 10.2. The smallest absolute Gasteiger partial charge is 0.323 e. The van der Waals surface area contributed by atoms with Gasteiger partial charge in [0.25, 0.3) is 0 Å². The highest BCUT2D eigenvalue weighted by Crippen LogP contribution is 2.41. The minimum atomic E-state index is -1.09. The van der Waals surface area contributed by atoms with E-state index in [1.54, 1.807) is 0 Å². The molecular weight excluding hydrogens is 316 g/mol. The first-order valence-electron chi connectivity index (χ1n) is 10.5. The van der Waals surface area contributed by atoms with Crippen molar-refractivity contribution in [1.29, 1.82) is 0 Å². The van der Waals surface area contributed by atoms with Crippen LogP contribution in [0.15, 0.2) is 0 Å². The highest BCUT2D eigenvalue weighted by molar-refractivity contribution is 6.00. The molecule has 0 aromatic heterocycles. The molecule has 4 heteroatoms. The summed E-state index contributed by atoms with van der Waals surface area (Å²) in [7, 11) is 0. The van der Waals surface area contributed by atoms with Gasteiger partial charge in [0.05, 0.1) is 13.2 Å². The third kappa shape index (κ3) is 5.46. The molecule has 0 aromatic rings. The Labute approximate surface area is 153 Å². The largest absolute Gasteiger partial charge is 0.465 e. The molecule has 2 aliphatic rings. The molecule has 0 bridgehead atoms. The van der Waals surface area contributed by atoms with Crippen LogP contribution in [0.4, 0.5) is 0 Å². The Hall–Kier alpha value is -1.06. The second-order valence-corrected chi connectivity index (χ2v) is 7.90. The van der Waals surface area contributed by atoms with Crippen LogP contribution in [-0.2, 0) is 19.1 Å². The van der Waals surface area contributed by atoms with Gasteiger partial charge in [0.15, 0.2) is 5.41 Å². The summed E-state index contributed by atoms with van der Waals surface area (Å²) in [6, 6.07) is 0. The topological polar surface area (TPSA) is 52.6 Å². The maximum Gasteiger partial charge on any atom is 0.323 e. The van der Waals surface area contributed by atoms with Gasteiger partial charge in [-0.3, -0.25) is 9.59 Å². The van der Waals surface area contributed by atoms with E-state index in [1.165, 1.54) is 51.4 Å².